The van der Waals surface area contributed by atoms with Crippen molar-refractivity contribution in [2.75, 3.05) is 13.1 Å². The molecule has 0 saturated heterocycles. The quantitative estimate of drug-likeness (QED) is 0.272. The summed E-state index contributed by atoms with van der Waals surface area (Å²) in [6, 6.07) is 7.83. The molecule has 1 aliphatic heterocycles. The van der Waals surface area contributed by atoms with E-state index in [0.717, 1.165) is 12.1 Å². The maximum absolute atomic E-state index is 14.2. The van der Waals surface area contributed by atoms with Gasteiger partial charge in [-0.25, -0.2) is 0 Å². The molecule has 198 valence electrons. The Balaban J connectivity index is 1.74. The number of rotatable bonds is 8. The molecule has 36 heavy (non-hydrogen) atoms. The average molecular weight is 560 g/mol. The van der Waals surface area contributed by atoms with E-state index in [-0.39, 0.29) is 21.3 Å². The summed E-state index contributed by atoms with van der Waals surface area (Å²) in [5.41, 5.74) is -2.07. The highest BCUT2D eigenvalue weighted by Crippen LogP contribution is 2.49. The summed E-state index contributed by atoms with van der Waals surface area (Å²) in [5, 5.41) is 27.9. The Morgan fingerprint density at radius 3 is 2.22 bits per heavy atom. The van der Waals surface area contributed by atoms with E-state index < -0.39 is 49.9 Å². The Bertz CT molecular complexity index is 1110. The van der Waals surface area contributed by atoms with Gasteiger partial charge in [0, 0.05) is 28.6 Å². The molecule has 0 amide bonds. The molecule has 0 fully saturated rings. The van der Waals surface area contributed by atoms with Gasteiger partial charge in [0.1, 0.15) is 12.5 Å². The minimum atomic E-state index is -4.86. The van der Waals surface area contributed by atoms with Crippen molar-refractivity contribution in [3.63, 3.8) is 0 Å². The van der Waals surface area contributed by atoms with Crippen LogP contribution >= 0.6 is 23.2 Å². The van der Waals surface area contributed by atoms with Gasteiger partial charge < -0.3 is 15.1 Å². The Hall–Kier alpha value is -2.09. The van der Waals surface area contributed by atoms with Crippen molar-refractivity contribution in [1.29, 1.82) is 0 Å². The van der Waals surface area contributed by atoms with Crippen LogP contribution in [0.4, 0.5) is 26.3 Å². The van der Waals surface area contributed by atoms with Crippen LogP contribution in [0.5, 0.6) is 0 Å². The van der Waals surface area contributed by atoms with Crippen LogP contribution in [0.3, 0.4) is 0 Å². The second-order valence-corrected chi connectivity index (χ2v) is 9.06. The van der Waals surface area contributed by atoms with E-state index in [1.807, 2.05) is 5.32 Å². The normalized spacial score (nSPS) is 20.1. The lowest BCUT2D eigenvalue weighted by Crippen LogP contribution is -2.43. The molecule has 4 N–H and O–H groups in total. The van der Waals surface area contributed by atoms with Gasteiger partial charge in [-0.2, -0.15) is 26.3 Å². The summed E-state index contributed by atoms with van der Waals surface area (Å²) < 4.78 is 79.1. The summed E-state index contributed by atoms with van der Waals surface area (Å²) in [6.07, 6.45) is -13.0. The number of aryl methyl sites for hydroxylation is 1. The Morgan fingerprint density at radius 1 is 1.03 bits per heavy atom. The first kappa shape index (κ1) is 28.5. The standard InChI is InChI=1S/C22H21Cl2F6N3O3/c1-11-4-12(2-3-16(11)19(35)31-9-18(34)32-10-21(25,26)27)17-8-20(36-33-17,22(28,29)30)13-5-14(23)7-15(24)6-13/h2-7,18-19,31-32,34-35H,8-10H2,1H3/t18?,19?,20-/m1/s1. The molecule has 1 aliphatic rings. The number of halogens is 8. The van der Waals surface area contributed by atoms with Gasteiger partial charge in [0.15, 0.2) is 0 Å². The van der Waals surface area contributed by atoms with Gasteiger partial charge in [0.2, 0.25) is 0 Å². The smallest absolute Gasteiger partial charge is 0.377 e. The summed E-state index contributed by atoms with van der Waals surface area (Å²) >= 11 is 11.8. The average Bonchev–Trinajstić information content (AvgIpc) is 3.22. The lowest BCUT2D eigenvalue weighted by Gasteiger charge is -2.29. The maximum Gasteiger partial charge on any atom is 0.435 e. The molecule has 14 heteroatoms. The first-order valence-corrected chi connectivity index (χ1v) is 11.2. The molecule has 0 aliphatic carbocycles. The molecule has 6 nitrogen and oxygen atoms in total. The van der Waals surface area contributed by atoms with Crippen LogP contribution in [0.1, 0.15) is 34.9 Å². The zero-order valence-corrected chi connectivity index (χ0v) is 20.0. The third-order valence-corrected chi connectivity index (χ3v) is 5.89. The van der Waals surface area contributed by atoms with Gasteiger partial charge in [-0.3, -0.25) is 10.6 Å². The second-order valence-electron chi connectivity index (χ2n) is 8.18. The van der Waals surface area contributed by atoms with Crippen LogP contribution in [0, 0.1) is 6.92 Å². The zero-order chi connectivity index (χ0) is 26.9. The van der Waals surface area contributed by atoms with Crippen molar-refractivity contribution >= 4 is 28.9 Å². The molecule has 2 aromatic carbocycles. The number of alkyl halides is 6. The molecule has 2 aromatic rings. The second kappa shape index (κ2) is 10.7. The first-order chi connectivity index (χ1) is 16.6. The van der Waals surface area contributed by atoms with E-state index in [0.29, 0.717) is 16.7 Å². The van der Waals surface area contributed by atoms with Crippen molar-refractivity contribution < 1.29 is 41.4 Å². The van der Waals surface area contributed by atoms with E-state index in [9.17, 15) is 36.6 Å². The zero-order valence-electron chi connectivity index (χ0n) is 18.5. The molecule has 0 spiro atoms. The fourth-order valence-corrected chi connectivity index (χ4v) is 4.17. The predicted octanol–water partition coefficient (Wildman–Crippen LogP) is 4.93. The Morgan fingerprint density at radius 2 is 1.67 bits per heavy atom. The van der Waals surface area contributed by atoms with Crippen molar-refractivity contribution in [2.24, 2.45) is 5.16 Å². The number of hydrogen-bond donors (Lipinski definition) is 4. The largest absolute Gasteiger partial charge is 0.435 e. The lowest BCUT2D eigenvalue weighted by atomic mass is 9.86. The van der Waals surface area contributed by atoms with Crippen LogP contribution < -0.4 is 10.6 Å². The van der Waals surface area contributed by atoms with Crippen LogP contribution in [0.15, 0.2) is 41.6 Å². The predicted molar refractivity (Wildman–Crippen MR) is 121 cm³/mol. The highest BCUT2D eigenvalue weighted by molar-refractivity contribution is 6.34. The van der Waals surface area contributed by atoms with Crippen LogP contribution in [0.2, 0.25) is 10.0 Å². The summed E-state index contributed by atoms with van der Waals surface area (Å²) in [4.78, 5) is 4.97. The van der Waals surface area contributed by atoms with Gasteiger partial charge in [0.05, 0.1) is 12.3 Å². The minimum Gasteiger partial charge on any atom is -0.377 e. The van der Waals surface area contributed by atoms with Crippen LogP contribution in [0.25, 0.3) is 0 Å². The highest BCUT2D eigenvalue weighted by atomic mass is 35.5. The van der Waals surface area contributed by atoms with Gasteiger partial charge in [-0.1, -0.05) is 40.5 Å². The van der Waals surface area contributed by atoms with Crippen LogP contribution in [-0.2, 0) is 10.4 Å². The molecular formula is C22H21Cl2F6N3O3. The molecule has 0 saturated carbocycles. The number of nitrogens with zero attached hydrogens (tertiary/aromatic N) is 1. The van der Waals surface area contributed by atoms with Gasteiger partial charge in [0.25, 0.3) is 5.60 Å². The third-order valence-electron chi connectivity index (χ3n) is 5.46. The summed E-state index contributed by atoms with van der Waals surface area (Å²) in [6.45, 7) is -0.244. The number of hydrogen-bond acceptors (Lipinski definition) is 6. The third kappa shape index (κ3) is 6.61. The molecule has 3 rings (SSSR count). The van der Waals surface area contributed by atoms with E-state index in [4.69, 9.17) is 28.0 Å². The Kier molecular flexibility index (Phi) is 8.48. The molecule has 1 heterocycles. The Labute approximate surface area is 211 Å². The van der Waals surface area contributed by atoms with Crippen molar-refractivity contribution in [2.45, 2.75) is 43.8 Å². The lowest BCUT2D eigenvalue weighted by molar-refractivity contribution is -0.275. The fraction of sp³-hybridized carbons (Fsp3) is 0.409. The first-order valence-electron chi connectivity index (χ1n) is 10.4. The minimum absolute atomic E-state index is 0.00131. The number of aliphatic hydroxyl groups is 2. The number of oxime groups is 1. The maximum atomic E-state index is 14.2. The molecule has 3 atom stereocenters. The van der Waals surface area contributed by atoms with Gasteiger partial charge in [-0.05, 0) is 47.9 Å². The van der Waals surface area contributed by atoms with Crippen molar-refractivity contribution in [3.8, 4) is 0 Å². The molecule has 2 unspecified atom stereocenters. The molecule has 0 bridgehead atoms. The van der Waals surface area contributed by atoms with E-state index in [1.54, 1.807) is 6.92 Å². The highest BCUT2D eigenvalue weighted by Gasteiger charge is 2.62. The molecule has 0 aromatic heterocycles. The monoisotopic (exact) mass is 559 g/mol. The number of benzene rings is 2. The molecular weight excluding hydrogens is 539 g/mol. The van der Waals surface area contributed by atoms with Gasteiger partial charge in [-0.15, -0.1) is 0 Å². The van der Waals surface area contributed by atoms with Crippen molar-refractivity contribution in [1.82, 2.24) is 10.6 Å². The topological polar surface area (TPSA) is 86.1 Å². The number of nitrogens with one attached hydrogen (secondary N) is 2. The fourth-order valence-electron chi connectivity index (χ4n) is 3.65. The van der Waals surface area contributed by atoms with E-state index in [2.05, 4.69) is 10.5 Å². The SMILES string of the molecule is Cc1cc(C2=NO[C@](c3cc(Cl)cc(Cl)c3)(C(F)(F)F)C2)ccc1C(O)NCC(O)NCC(F)(F)F. The summed E-state index contributed by atoms with van der Waals surface area (Å²) in [7, 11) is 0. The molecule has 0 radical (unpaired) electrons. The van der Waals surface area contributed by atoms with E-state index in [1.165, 1.54) is 24.3 Å². The van der Waals surface area contributed by atoms with E-state index >= 15 is 0 Å². The van der Waals surface area contributed by atoms with Crippen LogP contribution in [-0.4, -0.2) is 47.6 Å². The van der Waals surface area contributed by atoms with Crippen molar-refractivity contribution in [3.05, 3.63) is 68.7 Å². The van der Waals surface area contributed by atoms with Gasteiger partial charge >= 0.3 is 12.4 Å². The summed E-state index contributed by atoms with van der Waals surface area (Å²) in [5.74, 6) is 0. The number of aliphatic hydroxyl groups excluding tert-OH is 2.